The second kappa shape index (κ2) is 5.77. The van der Waals surface area contributed by atoms with Gasteiger partial charge in [0.2, 0.25) is 0 Å². The van der Waals surface area contributed by atoms with Crippen LogP contribution in [0.3, 0.4) is 0 Å². The van der Waals surface area contributed by atoms with E-state index in [-0.39, 0.29) is 5.69 Å². The number of nitrogens with two attached hydrogens (primary N) is 1. The van der Waals surface area contributed by atoms with E-state index < -0.39 is 5.91 Å². The Morgan fingerprint density at radius 1 is 1.18 bits per heavy atom. The third kappa shape index (κ3) is 2.71. The molecular formula is C16H15N5O. The van der Waals surface area contributed by atoms with Gasteiger partial charge in [-0.1, -0.05) is 30.3 Å². The second-order valence-electron chi connectivity index (χ2n) is 4.93. The van der Waals surface area contributed by atoms with E-state index in [0.29, 0.717) is 23.5 Å². The molecule has 1 aromatic carbocycles. The average molecular weight is 293 g/mol. The first-order valence-corrected chi connectivity index (χ1v) is 6.86. The molecule has 2 aromatic heterocycles. The largest absolute Gasteiger partial charge is 0.364 e. The first-order chi connectivity index (χ1) is 10.6. The van der Waals surface area contributed by atoms with Crippen LogP contribution in [0.4, 0.5) is 0 Å². The summed E-state index contributed by atoms with van der Waals surface area (Å²) in [5.74, 6) is -0.0724. The van der Waals surface area contributed by atoms with Crippen molar-refractivity contribution in [3.05, 3.63) is 65.4 Å². The maximum atomic E-state index is 11.8. The normalized spacial score (nSPS) is 10.6. The van der Waals surface area contributed by atoms with Crippen LogP contribution >= 0.6 is 0 Å². The Labute approximate surface area is 127 Å². The van der Waals surface area contributed by atoms with Crippen molar-refractivity contribution in [2.45, 2.75) is 13.3 Å². The highest BCUT2D eigenvalue weighted by Crippen LogP contribution is 2.25. The number of primary amides is 1. The van der Waals surface area contributed by atoms with Crippen LogP contribution in [0.1, 0.15) is 27.6 Å². The lowest BCUT2D eigenvalue weighted by Crippen LogP contribution is -2.18. The van der Waals surface area contributed by atoms with Crippen LogP contribution in [0.2, 0.25) is 0 Å². The lowest BCUT2D eigenvalue weighted by molar-refractivity contribution is 0.0995. The Morgan fingerprint density at radius 2 is 1.95 bits per heavy atom. The molecule has 0 bridgehead atoms. The molecule has 0 spiro atoms. The van der Waals surface area contributed by atoms with E-state index in [1.165, 1.54) is 0 Å². The van der Waals surface area contributed by atoms with E-state index in [9.17, 15) is 4.79 Å². The minimum absolute atomic E-state index is 0.200. The lowest BCUT2D eigenvalue weighted by Gasteiger charge is -2.11. The van der Waals surface area contributed by atoms with Crippen LogP contribution in [-0.2, 0) is 6.42 Å². The van der Waals surface area contributed by atoms with Crippen LogP contribution in [-0.4, -0.2) is 26.1 Å². The summed E-state index contributed by atoms with van der Waals surface area (Å²) in [4.78, 5) is 20.5. The summed E-state index contributed by atoms with van der Waals surface area (Å²) in [6, 6.07) is 11.7. The zero-order chi connectivity index (χ0) is 15.5. The maximum absolute atomic E-state index is 11.8. The Balaban J connectivity index is 2.17. The van der Waals surface area contributed by atoms with E-state index in [0.717, 1.165) is 11.3 Å². The predicted molar refractivity (Wildman–Crippen MR) is 82.1 cm³/mol. The van der Waals surface area contributed by atoms with Gasteiger partial charge in [0.25, 0.3) is 5.91 Å². The number of carbonyl (C=O) groups excluding carboxylic acids is 1. The molecule has 0 aliphatic carbocycles. The summed E-state index contributed by atoms with van der Waals surface area (Å²) in [7, 11) is 0. The van der Waals surface area contributed by atoms with Gasteiger partial charge in [-0.3, -0.25) is 9.89 Å². The topological polar surface area (TPSA) is 97.5 Å². The van der Waals surface area contributed by atoms with E-state index in [1.54, 1.807) is 19.2 Å². The molecule has 3 aromatic rings. The molecule has 6 heteroatoms. The number of nitrogens with zero attached hydrogens (tertiary/aromatic N) is 3. The minimum atomic E-state index is -0.585. The highest BCUT2D eigenvalue weighted by Gasteiger charge is 2.20. The van der Waals surface area contributed by atoms with Gasteiger partial charge in [-0.25, -0.2) is 9.97 Å². The highest BCUT2D eigenvalue weighted by molar-refractivity contribution is 5.98. The quantitative estimate of drug-likeness (QED) is 0.767. The molecule has 22 heavy (non-hydrogen) atoms. The number of aromatic amines is 1. The third-order valence-electron chi connectivity index (χ3n) is 3.30. The Kier molecular flexibility index (Phi) is 3.65. The molecule has 0 aliphatic rings. The fourth-order valence-electron chi connectivity index (χ4n) is 2.39. The van der Waals surface area contributed by atoms with Gasteiger partial charge in [0.1, 0.15) is 11.5 Å². The number of nitrogens with one attached hydrogen (secondary N) is 1. The fraction of sp³-hybridized carbons (Fsp3) is 0.125. The molecule has 110 valence electrons. The predicted octanol–water partition coefficient (Wildman–Crippen LogP) is 1.86. The van der Waals surface area contributed by atoms with Crippen molar-refractivity contribution in [2.24, 2.45) is 5.73 Å². The Morgan fingerprint density at radius 3 is 2.59 bits per heavy atom. The molecule has 1 amide bonds. The van der Waals surface area contributed by atoms with Gasteiger partial charge in [0.15, 0.2) is 0 Å². The van der Waals surface area contributed by atoms with Gasteiger partial charge in [-0.2, -0.15) is 5.10 Å². The summed E-state index contributed by atoms with van der Waals surface area (Å²) >= 11 is 0. The highest BCUT2D eigenvalue weighted by atomic mass is 16.1. The SMILES string of the molecule is Cc1nc(Cc2ccccc2)c(-c2cc[nH]n2)c(C(N)=O)n1. The van der Waals surface area contributed by atoms with Crippen molar-refractivity contribution < 1.29 is 4.79 Å². The monoisotopic (exact) mass is 293 g/mol. The van der Waals surface area contributed by atoms with Gasteiger partial charge in [-0.15, -0.1) is 0 Å². The number of hydrogen-bond acceptors (Lipinski definition) is 4. The van der Waals surface area contributed by atoms with Crippen molar-refractivity contribution in [2.75, 3.05) is 0 Å². The smallest absolute Gasteiger partial charge is 0.268 e. The van der Waals surface area contributed by atoms with Crippen molar-refractivity contribution in [3.63, 3.8) is 0 Å². The van der Waals surface area contributed by atoms with E-state index in [1.807, 2.05) is 30.3 Å². The average Bonchev–Trinajstić information content (AvgIpc) is 3.01. The molecule has 0 saturated heterocycles. The molecule has 0 fully saturated rings. The minimum Gasteiger partial charge on any atom is -0.364 e. The molecule has 0 atom stereocenters. The molecular weight excluding hydrogens is 278 g/mol. The lowest BCUT2D eigenvalue weighted by atomic mass is 10.0. The molecule has 0 aliphatic heterocycles. The molecule has 6 nitrogen and oxygen atoms in total. The van der Waals surface area contributed by atoms with Crippen molar-refractivity contribution >= 4 is 5.91 Å². The van der Waals surface area contributed by atoms with Crippen LogP contribution < -0.4 is 5.73 Å². The summed E-state index contributed by atoms with van der Waals surface area (Å²) in [5.41, 5.74) is 8.71. The number of aryl methyl sites for hydroxylation is 1. The van der Waals surface area contributed by atoms with E-state index in [2.05, 4.69) is 20.2 Å². The number of hydrogen-bond donors (Lipinski definition) is 2. The number of H-pyrrole nitrogens is 1. The van der Waals surface area contributed by atoms with Gasteiger partial charge >= 0.3 is 0 Å². The van der Waals surface area contributed by atoms with Crippen LogP contribution in [0.5, 0.6) is 0 Å². The number of benzene rings is 1. The second-order valence-corrected chi connectivity index (χ2v) is 4.93. The first kappa shape index (κ1) is 13.9. The van der Waals surface area contributed by atoms with Gasteiger partial charge < -0.3 is 5.73 Å². The van der Waals surface area contributed by atoms with Crippen molar-refractivity contribution in [1.82, 2.24) is 20.2 Å². The number of aromatic nitrogens is 4. The molecule has 2 heterocycles. The van der Waals surface area contributed by atoms with Crippen LogP contribution in [0, 0.1) is 6.92 Å². The van der Waals surface area contributed by atoms with Gasteiger partial charge in [-0.05, 0) is 18.6 Å². The third-order valence-corrected chi connectivity index (χ3v) is 3.30. The van der Waals surface area contributed by atoms with Crippen LogP contribution in [0.25, 0.3) is 11.3 Å². The Bertz CT molecular complexity index is 797. The maximum Gasteiger partial charge on any atom is 0.268 e. The van der Waals surface area contributed by atoms with Crippen molar-refractivity contribution in [3.8, 4) is 11.3 Å². The zero-order valence-electron chi connectivity index (χ0n) is 12.1. The van der Waals surface area contributed by atoms with E-state index in [4.69, 9.17) is 5.73 Å². The van der Waals surface area contributed by atoms with E-state index >= 15 is 0 Å². The number of rotatable bonds is 4. The number of carbonyl (C=O) groups is 1. The Hall–Kier alpha value is -3.02. The molecule has 0 radical (unpaired) electrons. The number of amides is 1. The molecule has 3 N–H and O–H groups in total. The van der Waals surface area contributed by atoms with Crippen molar-refractivity contribution in [1.29, 1.82) is 0 Å². The fourth-order valence-corrected chi connectivity index (χ4v) is 2.39. The molecule has 0 saturated carbocycles. The van der Waals surface area contributed by atoms with Crippen LogP contribution in [0.15, 0.2) is 42.6 Å². The zero-order valence-corrected chi connectivity index (χ0v) is 12.1. The molecule has 0 unspecified atom stereocenters. The summed E-state index contributed by atoms with van der Waals surface area (Å²) in [6.07, 6.45) is 2.26. The van der Waals surface area contributed by atoms with Gasteiger partial charge in [0.05, 0.1) is 17.0 Å². The standard InChI is InChI=1S/C16H15N5O/c1-10-19-13(9-11-5-3-2-4-6-11)14(12-7-8-18-21-12)15(20-10)16(17)22/h2-8H,9H2,1H3,(H2,17,22)(H,18,21). The molecule has 3 rings (SSSR count). The van der Waals surface area contributed by atoms with Gasteiger partial charge in [0, 0.05) is 12.6 Å². The summed E-state index contributed by atoms with van der Waals surface area (Å²) in [6.45, 7) is 1.75. The summed E-state index contributed by atoms with van der Waals surface area (Å²) in [5, 5.41) is 6.89. The first-order valence-electron chi connectivity index (χ1n) is 6.86. The summed E-state index contributed by atoms with van der Waals surface area (Å²) < 4.78 is 0.